The van der Waals surface area contributed by atoms with Crippen molar-refractivity contribution >= 4 is 21.7 Å². The first-order valence-electron chi connectivity index (χ1n) is 14.7. The number of carbonyl (C=O) groups is 2. The number of rotatable bonds is 5. The second-order valence-corrected chi connectivity index (χ2v) is 15.4. The Morgan fingerprint density at radius 2 is 1.49 bits per heavy atom. The number of carbonyl (C=O) groups excluding carboxylic acids is 1. The Kier molecular flexibility index (Phi) is 7.85. The lowest BCUT2D eigenvalue weighted by Crippen LogP contribution is -2.64. The van der Waals surface area contributed by atoms with Crippen LogP contribution in [-0.2, 0) is 19.4 Å². The molecule has 0 spiro atoms. The van der Waals surface area contributed by atoms with Crippen LogP contribution in [0, 0.1) is 16.7 Å². The number of amides is 1. The highest BCUT2D eigenvalue weighted by atomic mass is 32.2. The molecule has 1 unspecified atom stereocenters. The van der Waals surface area contributed by atoms with E-state index < -0.39 is 73.4 Å². The van der Waals surface area contributed by atoms with E-state index in [0.717, 1.165) is 0 Å². The zero-order valence-electron chi connectivity index (χ0n) is 24.6. The zero-order valence-corrected chi connectivity index (χ0v) is 25.5. The van der Waals surface area contributed by atoms with Crippen LogP contribution < -0.4 is 0 Å². The summed E-state index contributed by atoms with van der Waals surface area (Å²) in [5.74, 6) is -1.89. The molecule has 1 aromatic rings. The van der Waals surface area contributed by atoms with E-state index in [1.165, 1.54) is 36.1 Å². The summed E-state index contributed by atoms with van der Waals surface area (Å²) in [5.41, 5.74) is -9.90. The number of benzene rings is 1. The predicted octanol–water partition coefficient (Wildman–Crippen LogP) is 6.97. The fourth-order valence-electron chi connectivity index (χ4n) is 8.19. The normalized spacial score (nSPS) is 32.7. The number of carboxylic acid groups (broad SMARTS) is 1. The lowest BCUT2D eigenvalue weighted by atomic mass is 9.57. The zero-order chi connectivity index (χ0) is 33.4. The number of likely N-dealkylation sites (tertiary alicyclic amines) is 1. The fraction of sp³-hybridized carbons (Fsp3) is 0.613. The van der Waals surface area contributed by atoms with Crippen molar-refractivity contribution in [2.45, 2.75) is 98.9 Å². The van der Waals surface area contributed by atoms with Gasteiger partial charge in [0.05, 0.1) is 16.4 Å². The molecule has 248 valence electrons. The molecule has 1 N–H and O–H groups in total. The number of hydrogen-bond donors (Lipinski definition) is 1. The molecule has 0 aromatic heterocycles. The molecule has 14 heteroatoms. The smallest absolute Gasteiger partial charge is 0.435 e. The van der Waals surface area contributed by atoms with Gasteiger partial charge in [-0.2, -0.15) is 26.3 Å². The monoisotopic (exact) mass is 665 g/mol. The lowest BCUT2D eigenvalue weighted by Gasteiger charge is -2.56. The number of hydrogen-bond acceptors (Lipinski definition) is 4. The largest absolute Gasteiger partial charge is 0.481 e. The maximum Gasteiger partial charge on any atom is 0.435 e. The van der Waals surface area contributed by atoms with Gasteiger partial charge in [-0.25, -0.2) is 12.8 Å². The van der Waals surface area contributed by atoms with E-state index in [1.54, 1.807) is 13.0 Å². The van der Waals surface area contributed by atoms with Gasteiger partial charge in [-0.1, -0.05) is 42.8 Å². The standard InChI is InChI=1S/C31H34F7NO5S/c1-26(25(41)42)13-10-19(11-14-26)24(40)39-17-16-28(45(43,44)22-6-4-3-5-7-22)23(39)9-8-20-18-21(12-15-27(20,28)2)29(32,30(33,34)35)31(36,37)38/h3-7,12,18-19,23H,8-11,13-17H2,1-2H3,(H,41,42)/t19?,23-,26?,27?,28+/m0/s1. The molecule has 3 atom stereocenters. The van der Waals surface area contributed by atoms with Crippen LogP contribution in [0.25, 0.3) is 0 Å². The Labute approximate surface area is 256 Å². The van der Waals surface area contributed by atoms with Crippen LogP contribution in [0.2, 0.25) is 0 Å². The van der Waals surface area contributed by atoms with Crippen molar-refractivity contribution < 1.29 is 53.8 Å². The number of halogens is 7. The lowest BCUT2D eigenvalue weighted by molar-refractivity contribution is -0.325. The van der Waals surface area contributed by atoms with Crippen molar-refractivity contribution in [2.24, 2.45) is 16.7 Å². The van der Waals surface area contributed by atoms with Gasteiger partial charge >= 0.3 is 24.0 Å². The Hall–Kier alpha value is -2.90. The van der Waals surface area contributed by atoms with Crippen molar-refractivity contribution in [2.75, 3.05) is 6.54 Å². The van der Waals surface area contributed by atoms with E-state index in [-0.39, 0.29) is 67.9 Å². The fourth-order valence-corrected chi connectivity index (χ4v) is 10.9. The molecule has 0 radical (unpaired) electrons. The molecule has 6 nitrogen and oxygen atoms in total. The van der Waals surface area contributed by atoms with Gasteiger partial charge < -0.3 is 10.0 Å². The van der Waals surface area contributed by atoms with Gasteiger partial charge in [0.15, 0.2) is 9.84 Å². The second-order valence-electron chi connectivity index (χ2n) is 13.2. The Balaban J connectivity index is 1.59. The number of nitrogens with zero attached hydrogens (tertiary/aromatic N) is 1. The van der Waals surface area contributed by atoms with Crippen LogP contribution >= 0.6 is 0 Å². The van der Waals surface area contributed by atoms with E-state index in [4.69, 9.17) is 0 Å². The number of fused-ring (bicyclic) bond motifs is 3. The highest BCUT2D eigenvalue weighted by molar-refractivity contribution is 7.93. The van der Waals surface area contributed by atoms with Crippen LogP contribution in [0.1, 0.15) is 65.2 Å². The highest BCUT2D eigenvalue weighted by Gasteiger charge is 2.75. The average Bonchev–Trinajstić information content (AvgIpc) is 3.38. The molecule has 1 heterocycles. The molecule has 1 amide bonds. The van der Waals surface area contributed by atoms with Crippen molar-refractivity contribution in [1.82, 2.24) is 4.90 Å². The van der Waals surface area contributed by atoms with E-state index in [2.05, 4.69) is 0 Å². The number of aliphatic carboxylic acids is 1. The Bertz CT molecular complexity index is 1530. The topological polar surface area (TPSA) is 91.8 Å². The van der Waals surface area contributed by atoms with E-state index in [1.807, 2.05) is 0 Å². The number of sulfone groups is 1. The predicted molar refractivity (Wildman–Crippen MR) is 148 cm³/mol. The number of alkyl halides is 7. The molecule has 45 heavy (non-hydrogen) atoms. The summed E-state index contributed by atoms with van der Waals surface area (Å²) in [7, 11) is -4.41. The molecular weight excluding hydrogens is 631 g/mol. The van der Waals surface area contributed by atoms with Crippen molar-refractivity contribution in [1.29, 1.82) is 0 Å². The second kappa shape index (κ2) is 10.6. The van der Waals surface area contributed by atoms with Crippen molar-refractivity contribution in [3.63, 3.8) is 0 Å². The highest BCUT2D eigenvalue weighted by Crippen LogP contribution is 2.64. The van der Waals surface area contributed by atoms with E-state index in [9.17, 15) is 49.5 Å². The molecule has 1 saturated heterocycles. The van der Waals surface area contributed by atoms with Crippen LogP contribution in [-0.4, -0.2) is 65.7 Å². The van der Waals surface area contributed by atoms with Crippen molar-refractivity contribution in [3.8, 4) is 0 Å². The minimum Gasteiger partial charge on any atom is -0.481 e. The first kappa shape index (κ1) is 33.5. The first-order valence-corrected chi connectivity index (χ1v) is 16.2. The average molecular weight is 666 g/mol. The summed E-state index contributed by atoms with van der Waals surface area (Å²) in [6.45, 7) is 3.04. The van der Waals surface area contributed by atoms with E-state index >= 15 is 4.39 Å². The van der Waals surface area contributed by atoms with Crippen molar-refractivity contribution in [3.05, 3.63) is 53.6 Å². The Morgan fingerprint density at radius 3 is 2.02 bits per heavy atom. The molecule has 3 fully saturated rings. The van der Waals surface area contributed by atoms with E-state index in [0.29, 0.717) is 12.2 Å². The number of carboxylic acids is 1. The Morgan fingerprint density at radius 1 is 0.911 bits per heavy atom. The summed E-state index contributed by atoms with van der Waals surface area (Å²) < 4.78 is 125. The molecule has 0 bridgehead atoms. The minimum atomic E-state index is -6.32. The summed E-state index contributed by atoms with van der Waals surface area (Å²) in [6, 6.07) is 6.30. The quantitative estimate of drug-likeness (QED) is 0.343. The summed E-state index contributed by atoms with van der Waals surface area (Å²) in [5, 5.41) is 9.60. The van der Waals surface area contributed by atoms with Gasteiger partial charge in [0.25, 0.3) is 0 Å². The van der Waals surface area contributed by atoms with Gasteiger partial charge in [-0.05, 0) is 70.4 Å². The third-order valence-electron chi connectivity index (χ3n) is 11.0. The summed E-state index contributed by atoms with van der Waals surface area (Å²) in [4.78, 5) is 27.1. The molecule has 3 aliphatic carbocycles. The van der Waals surface area contributed by atoms with Gasteiger partial charge in [-0.15, -0.1) is 0 Å². The maximum atomic E-state index is 15.1. The van der Waals surface area contributed by atoms with Crippen LogP contribution in [0.5, 0.6) is 0 Å². The molecule has 5 rings (SSSR count). The summed E-state index contributed by atoms with van der Waals surface area (Å²) >= 11 is 0. The first-order chi connectivity index (χ1) is 20.7. The van der Waals surface area contributed by atoms with Crippen LogP contribution in [0.3, 0.4) is 0 Å². The summed E-state index contributed by atoms with van der Waals surface area (Å²) in [6.07, 6.45) is -11.6. The van der Waals surface area contributed by atoms with Gasteiger partial charge in [0.1, 0.15) is 4.75 Å². The molecular formula is C31H34F7NO5S. The van der Waals surface area contributed by atoms with Crippen LogP contribution in [0.4, 0.5) is 30.7 Å². The third kappa shape index (κ3) is 4.66. The van der Waals surface area contributed by atoms with Gasteiger partial charge in [-0.3, -0.25) is 9.59 Å². The SMILES string of the molecule is CC1(C(=O)O)CCC(C(=O)N2CC[C@@]3(S(=O)(=O)c4ccccc4)[C@@H]2CCC2=CC(C(F)(C(F)(F)F)C(F)(F)F)=CCC23C)CC1. The minimum absolute atomic E-state index is 0.0279. The maximum absolute atomic E-state index is 15.1. The molecule has 1 aromatic carbocycles. The third-order valence-corrected chi connectivity index (χ3v) is 13.8. The molecule has 4 aliphatic rings. The molecule has 1 aliphatic heterocycles. The van der Waals surface area contributed by atoms with Gasteiger partial charge in [0, 0.05) is 23.5 Å². The molecule has 2 saturated carbocycles. The van der Waals surface area contributed by atoms with Crippen LogP contribution in [0.15, 0.2) is 58.5 Å². The number of allylic oxidation sites excluding steroid dienone is 4. The van der Waals surface area contributed by atoms with Gasteiger partial charge in [0.2, 0.25) is 5.91 Å².